The molecule has 0 aromatic carbocycles. The van der Waals surface area contributed by atoms with Gasteiger partial charge < -0.3 is 15.2 Å². The molecule has 1 aromatic heterocycles. The van der Waals surface area contributed by atoms with Crippen LogP contribution in [0, 0.1) is 5.92 Å². The van der Waals surface area contributed by atoms with Gasteiger partial charge in [-0.1, -0.05) is 6.92 Å². The first-order valence-corrected chi connectivity index (χ1v) is 6.62. The van der Waals surface area contributed by atoms with Gasteiger partial charge in [0.15, 0.2) is 11.8 Å². The molecule has 0 radical (unpaired) electrons. The maximum Gasteiger partial charge on any atom is 0.191 e. The Morgan fingerprint density at radius 1 is 1.61 bits per heavy atom. The summed E-state index contributed by atoms with van der Waals surface area (Å²) in [6.45, 7) is 7.71. The lowest BCUT2D eigenvalue weighted by molar-refractivity contribution is 0.270. The van der Waals surface area contributed by atoms with Crippen molar-refractivity contribution in [2.45, 2.75) is 39.8 Å². The molecular weight excluding hydrogens is 228 g/mol. The predicted octanol–water partition coefficient (Wildman–Crippen LogP) is 0.845. The molecule has 1 atom stereocenters. The van der Waals surface area contributed by atoms with Crippen LogP contribution in [-0.2, 0) is 13.1 Å². The van der Waals surface area contributed by atoms with Gasteiger partial charge in [0, 0.05) is 19.6 Å². The summed E-state index contributed by atoms with van der Waals surface area (Å²) in [5, 5.41) is 7.94. The van der Waals surface area contributed by atoms with Crippen LogP contribution in [0.1, 0.15) is 32.5 Å². The van der Waals surface area contributed by atoms with Crippen LogP contribution in [0.4, 0.5) is 0 Å². The highest BCUT2D eigenvalue weighted by atomic mass is 15.3. The Labute approximate surface area is 108 Å². The van der Waals surface area contributed by atoms with Gasteiger partial charge in [-0.2, -0.15) is 0 Å². The van der Waals surface area contributed by atoms with Gasteiger partial charge in [0.2, 0.25) is 0 Å². The summed E-state index contributed by atoms with van der Waals surface area (Å²) < 4.78 is 1.98. The van der Waals surface area contributed by atoms with Crippen molar-refractivity contribution in [3.05, 3.63) is 12.2 Å². The molecule has 0 bridgehead atoms. The number of hydrogen-bond donors (Lipinski definition) is 1. The minimum absolute atomic E-state index is 0.505. The molecule has 2 N–H and O–H groups in total. The fraction of sp³-hybridized carbons (Fsp3) is 0.750. The van der Waals surface area contributed by atoms with Crippen molar-refractivity contribution in [2.24, 2.45) is 16.6 Å². The zero-order chi connectivity index (χ0) is 13.0. The first kappa shape index (κ1) is 12.9. The summed E-state index contributed by atoms with van der Waals surface area (Å²) in [4.78, 5) is 6.60. The molecule has 1 aromatic rings. The molecule has 1 fully saturated rings. The molecule has 0 saturated carbocycles. The van der Waals surface area contributed by atoms with E-state index < -0.39 is 0 Å². The quantitative estimate of drug-likeness (QED) is 0.637. The average Bonchev–Trinajstić information content (AvgIpc) is 2.83. The van der Waals surface area contributed by atoms with E-state index in [-0.39, 0.29) is 0 Å². The van der Waals surface area contributed by atoms with E-state index in [1.807, 2.05) is 4.57 Å². The van der Waals surface area contributed by atoms with Gasteiger partial charge in [-0.3, -0.25) is 0 Å². The number of rotatable bonds is 3. The summed E-state index contributed by atoms with van der Waals surface area (Å²) in [6, 6.07) is 0. The molecule has 1 saturated heterocycles. The van der Waals surface area contributed by atoms with E-state index in [4.69, 9.17) is 5.73 Å². The van der Waals surface area contributed by atoms with E-state index in [1.54, 1.807) is 6.33 Å². The largest absolute Gasteiger partial charge is 0.370 e. The van der Waals surface area contributed by atoms with E-state index in [9.17, 15) is 0 Å². The molecule has 0 amide bonds. The van der Waals surface area contributed by atoms with Gasteiger partial charge in [-0.05, 0) is 25.7 Å². The number of nitrogens with two attached hydrogens (primary N) is 1. The van der Waals surface area contributed by atoms with Crippen LogP contribution in [0.5, 0.6) is 0 Å². The standard InChI is InChI=1S/C12H22N6/c1-3-17-9-15-16-11(17)7-14-12(13)18-6-4-5-10(2)8-18/h9-10H,3-8H2,1-2H3,(H2,13,14). The lowest BCUT2D eigenvalue weighted by atomic mass is 10.0. The Kier molecular flexibility index (Phi) is 4.17. The van der Waals surface area contributed by atoms with E-state index in [2.05, 4.69) is 33.9 Å². The van der Waals surface area contributed by atoms with Gasteiger partial charge in [0.05, 0.1) is 0 Å². The first-order valence-electron chi connectivity index (χ1n) is 6.62. The van der Waals surface area contributed by atoms with E-state index in [1.165, 1.54) is 12.8 Å². The minimum Gasteiger partial charge on any atom is -0.370 e. The summed E-state index contributed by atoms with van der Waals surface area (Å²) in [5.74, 6) is 2.20. The molecule has 1 aliphatic heterocycles. The Morgan fingerprint density at radius 3 is 3.17 bits per heavy atom. The minimum atomic E-state index is 0.505. The SMILES string of the molecule is CCn1cnnc1CN=C(N)N1CCCC(C)C1. The average molecular weight is 250 g/mol. The van der Waals surface area contributed by atoms with Crippen molar-refractivity contribution in [3.63, 3.8) is 0 Å². The third-order valence-electron chi connectivity index (χ3n) is 3.40. The van der Waals surface area contributed by atoms with Gasteiger partial charge in [0.1, 0.15) is 12.9 Å². The zero-order valence-corrected chi connectivity index (χ0v) is 11.2. The van der Waals surface area contributed by atoms with Gasteiger partial charge in [-0.15, -0.1) is 10.2 Å². The van der Waals surface area contributed by atoms with Crippen molar-refractivity contribution in [1.29, 1.82) is 0 Å². The third kappa shape index (κ3) is 3.00. The number of aryl methyl sites for hydroxylation is 1. The fourth-order valence-electron chi connectivity index (χ4n) is 2.31. The summed E-state index contributed by atoms with van der Waals surface area (Å²) in [6.07, 6.45) is 4.21. The molecule has 6 nitrogen and oxygen atoms in total. The summed E-state index contributed by atoms with van der Waals surface area (Å²) >= 11 is 0. The van der Waals surface area contributed by atoms with Crippen LogP contribution in [0.3, 0.4) is 0 Å². The maximum absolute atomic E-state index is 6.04. The Morgan fingerprint density at radius 2 is 2.44 bits per heavy atom. The molecule has 6 heteroatoms. The van der Waals surface area contributed by atoms with Crippen molar-refractivity contribution in [3.8, 4) is 0 Å². The molecule has 0 spiro atoms. The number of aliphatic imine (C=N–C) groups is 1. The number of likely N-dealkylation sites (tertiary alicyclic amines) is 1. The number of piperidine rings is 1. The van der Waals surface area contributed by atoms with Crippen molar-refractivity contribution in [1.82, 2.24) is 19.7 Å². The zero-order valence-electron chi connectivity index (χ0n) is 11.2. The van der Waals surface area contributed by atoms with E-state index in [0.717, 1.165) is 25.5 Å². The van der Waals surface area contributed by atoms with Crippen LogP contribution in [-0.4, -0.2) is 38.7 Å². The van der Waals surface area contributed by atoms with Crippen LogP contribution in [0.2, 0.25) is 0 Å². The third-order valence-corrected chi connectivity index (χ3v) is 3.40. The molecular formula is C12H22N6. The maximum atomic E-state index is 6.04. The molecule has 18 heavy (non-hydrogen) atoms. The van der Waals surface area contributed by atoms with Crippen LogP contribution in [0.25, 0.3) is 0 Å². The van der Waals surface area contributed by atoms with Crippen molar-refractivity contribution >= 4 is 5.96 Å². The molecule has 2 heterocycles. The number of guanidine groups is 1. The van der Waals surface area contributed by atoms with Gasteiger partial charge >= 0.3 is 0 Å². The van der Waals surface area contributed by atoms with E-state index in [0.29, 0.717) is 18.4 Å². The fourth-order valence-corrected chi connectivity index (χ4v) is 2.31. The molecule has 1 aliphatic rings. The number of aromatic nitrogens is 3. The summed E-state index contributed by atoms with van der Waals surface area (Å²) in [7, 11) is 0. The lowest BCUT2D eigenvalue weighted by Crippen LogP contribution is -2.43. The van der Waals surface area contributed by atoms with Gasteiger partial charge in [0.25, 0.3) is 0 Å². The Bertz CT molecular complexity index is 410. The lowest BCUT2D eigenvalue weighted by Gasteiger charge is -2.31. The normalized spacial score (nSPS) is 21.3. The second-order valence-corrected chi connectivity index (χ2v) is 4.90. The van der Waals surface area contributed by atoms with Crippen LogP contribution < -0.4 is 5.73 Å². The van der Waals surface area contributed by atoms with Crippen molar-refractivity contribution in [2.75, 3.05) is 13.1 Å². The smallest absolute Gasteiger partial charge is 0.191 e. The molecule has 100 valence electrons. The number of nitrogens with zero attached hydrogens (tertiary/aromatic N) is 5. The second kappa shape index (κ2) is 5.84. The predicted molar refractivity (Wildman–Crippen MR) is 71.0 cm³/mol. The monoisotopic (exact) mass is 250 g/mol. The second-order valence-electron chi connectivity index (χ2n) is 4.90. The molecule has 0 aliphatic carbocycles. The Hall–Kier alpha value is -1.59. The summed E-state index contributed by atoms with van der Waals surface area (Å²) in [5.41, 5.74) is 6.04. The Balaban J connectivity index is 1.96. The first-order chi connectivity index (χ1) is 8.70. The highest BCUT2D eigenvalue weighted by Gasteiger charge is 2.17. The highest BCUT2D eigenvalue weighted by Crippen LogP contribution is 2.15. The van der Waals surface area contributed by atoms with Crippen LogP contribution >= 0.6 is 0 Å². The topological polar surface area (TPSA) is 72.3 Å². The number of hydrogen-bond acceptors (Lipinski definition) is 3. The van der Waals surface area contributed by atoms with Gasteiger partial charge in [-0.25, -0.2) is 4.99 Å². The highest BCUT2D eigenvalue weighted by molar-refractivity contribution is 5.78. The van der Waals surface area contributed by atoms with Crippen molar-refractivity contribution < 1.29 is 0 Å². The molecule has 1 unspecified atom stereocenters. The van der Waals surface area contributed by atoms with E-state index >= 15 is 0 Å². The van der Waals surface area contributed by atoms with Crippen LogP contribution in [0.15, 0.2) is 11.3 Å². The molecule has 2 rings (SSSR count).